The van der Waals surface area contributed by atoms with Crippen LogP contribution in [-0.4, -0.2) is 6.04 Å². The average Bonchev–Trinajstić information content (AvgIpc) is 2.17. The van der Waals surface area contributed by atoms with Gasteiger partial charge in [0.15, 0.2) is 0 Å². The lowest BCUT2D eigenvalue weighted by Gasteiger charge is -2.12. The zero-order valence-electron chi connectivity index (χ0n) is 8.46. The minimum atomic E-state index is 0.574. The Kier molecular flexibility index (Phi) is 4.55. The largest absolute Gasteiger partial charge is 0.310 e. The third kappa shape index (κ3) is 4.09. The molecule has 71 valence electrons. The fraction of sp³-hybridized carbons (Fsp3) is 0.417. The van der Waals surface area contributed by atoms with Gasteiger partial charge in [-0.15, -0.1) is 0 Å². The second-order valence-corrected chi connectivity index (χ2v) is 3.41. The highest BCUT2D eigenvalue weighted by atomic mass is 14.9. The molecule has 1 unspecified atom stereocenters. The molecule has 1 atom stereocenters. The maximum absolute atomic E-state index is 3.47. The summed E-state index contributed by atoms with van der Waals surface area (Å²) >= 11 is 0. The Morgan fingerprint density at radius 1 is 1.31 bits per heavy atom. The van der Waals surface area contributed by atoms with Crippen LogP contribution in [0.1, 0.15) is 25.8 Å². The van der Waals surface area contributed by atoms with Crippen molar-refractivity contribution in [2.24, 2.45) is 0 Å². The molecular weight excluding hydrogens is 158 g/mol. The van der Waals surface area contributed by atoms with Crippen LogP contribution in [-0.2, 0) is 6.54 Å². The molecule has 0 saturated carbocycles. The van der Waals surface area contributed by atoms with Crippen LogP contribution in [0.4, 0.5) is 0 Å². The summed E-state index contributed by atoms with van der Waals surface area (Å²) < 4.78 is 0. The Morgan fingerprint density at radius 3 is 2.62 bits per heavy atom. The van der Waals surface area contributed by atoms with E-state index in [-0.39, 0.29) is 0 Å². The molecule has 0 spiro atoms. The van der Waals surface area contributed by atoms with Gasteiger partial charge >= 0.3 is 0 Å². The van der Waals surface area contributed by atoms with Gasteiger partial charge in [0.05, 0.1) is 0 Å². The molecule has 0 aromatic heterocycles. The van der Waals surface area contributed by atoms with Crippen molar-refractivity contribution < 1.29 is 0 Å². The summed E-state index contributed by atoms with van der Waals surface area (Å²) in [7, 11) is 0. The van der Waals surface area contributed by atoms with E-state index in [1.54, 1.807) is 0 Å². The number of nitrogens with one attached hydrogen (secondary N) is 1. The van der Waals surface area contributed by atoms with Gasteiger partial charge in [0.2, 0.25) is 0 Å². The fourth-order valence-corrected chi connectivity index (χ4v) is 1.32. The lowest BCUT2D eigenvalue weighted by atomic mass is 10.1. The molecular formula is C12H18N. The van der Waals surface area contributed by atoms with Gasteiger partial charge in [0.1, 0.15) is 0 Å². The summed E-state index contributed by atoms with van der Waals surface area (Å²) in [5.41, 5.74) is 1.35. The second-order valence-electron chi connectivity index (χ2n) is 3.41. The molecule has 1 aromatic carbocycles. The third-order valence-electron chi connectivity index (χ3n) is 2.09. The normalized spacial score (nSPS) is 12.8. The first kappa shape index (κ1) is 10.3. The molecule has 0 saturated heterocycles. The van der Waals surface area contributed by atoms with E-state index < -0.39 is 0 Å². The van der Waals surface area contributed by atoms with Crippen LogP contribution in [0.2, 0.25) is 0 Å². The summed E-state index contributed by atoms with van der Waals surface area (Å²) in [6.45, 7) is 5.28. The van der Waals surface area contributed by atoms with E-state index in [0.29, 0.717) is 6.04 Å². The quantitative estimate of drug-likeness (QED) is 0.727. The van der Waals surface area contributed by atoms with Gasteiger partial charge < -0.3 is 5.32 Å². The van der Waals surface area contributed by atoms with Gasteiger partial charge in [-0.25, -0.2) is 0 Å². The van der Waals surface area contributed by atoms with E-state index in [1.165, 1.54) is 5.56 Å². The Balaban J connectivity index is 2.27. The van der Waals surface area contributed by atoms with Gasteiger partial charge in [0.25, 0.3) is 0 Å². The summed E-state index contributed by atoms with van der Waals surface area (Å²) in [6.07, 6.45) is 3.33. The molecule has 1 nitrogen and oxygen atoms in total. The first-order valence-electron chi connectivity index (χ1n) is 4.88. The first-order valence-corrected chi connectivity index (χ1v) is 4.88. The molecule has 1 aromatic rings. The zero-order chi connectivity index (χ0) is 9.52. The molecule has 1 radical (unpaired) electrons. The minimum absolute atomic E-state index is 0.574. The summed E-state index contributed by atoms with van der Waals surface area (Å²) in [5, 5.41) is 3.47. The van der Waals surface area contributed by atoms with Crippen molar-refractivity contribution in [1.29, 1.82) is 0 Å². The lowest BCUT2D eigenvalue weighted by Crippen LogP contribution is -2.25. The fourth-order valence-electron chi connectivity index (χ4n) is 1.32. The molecule has 13 heavy (non-hydrogen) atoms. The zero-order valence-corrected chi connectivity index (χ0v) is 8.46. The van der Waals surface area contributed by atoms with Crippen LogP contribution >= 0.6 is 0 Å². The van der Waals surface area contributed by atoms with Crippen molar-refractivity contribution in [3.8, 4) is 0 Å². The van der Waals surface area contributed by atoms with Crippen LogP contribution in [0.5, 0.6) is 0 Å². The van der Waals surface area contributed by atoms with E-state index in [0.717, 1.165) is 13.0 Å². The predicted octanol–water partition coefficient (Wildman–Crippen LogP) is 2.78. The predicted molar refractivity (Wildman–Crippen MR) is 57.3 cm³/mol. The number of hydrogen-bond donors (Lipinski definition) is 1. The van der Waals surface area contributed by atoms with E-state index in [4.69, 9.17) is 0 Å². The molecule has 1 rings (SSSR count). The molecule has 1 heteroatoms. The number of hydrogen-bond acceptors (Lipinski definition) is 1. The number of benzene rings is 1. The molecule has 0 aliphatic heterocycles. The van der Waals surface area contributed by atoms with Crippen molar-refractivity contribution in [3.63, 3.8) is 0 Å². The maximum atomic E-state index is 3.47. The molecule has 0 bridgehead atoms. The van der Waals surface area contributed by atoms with Gasteiger partial charge in [-0.2, -0.15) is 0 Å². The Morgan fingerprint density at radius 2 is 2.00 bits per heavy atom. The van der Waals surface area contributed by atoms with Crippen LogP contribution in [0.3, 0.4) is 0 Å². The number of rotatable bonds is 5. The van der Waals surface area contributed by atoms with E-state index in [9.17, 15) is 0 Å². The molecule has 0 aliphatic carbocycles. The Labute approximate surface area is 81.2 Å². The van der Waals surface area contributed by atoms with Crippen molar-refractivity contribution in [1.82, 2.24) is 5.32 Å². The molecule has 0 fully saturated rings. The van der Waals surface area contributed by atoms with Crippen molar-refractivity contribution in [2.75, 3.05) is 0 Å². The SMILES string of the molecule is C[CH]CC(C)NCc1ccccc1. The Bertz CT molecular complexity index is 218. The highest BCUT2D eigenvalue weighted by molar-refractivity contribution is 5.14. The highest BCUT2D eigenvalue weighted by Crippen LogP contribution is 2.00. The van der Waals surface area contributed by atoms with E-state index >= 15 is 0 Å². The van der Waals surface area contributed by atoms with Crippen LogP contribution < -0.4 is 5.32 Å². The summed E-state index contributed by atoms with van der Waals surface area (Å²) in [4.78, 5) is 0. The van der Waals surface area contributed by atoms with Gasteiger partial charge in [-0.3, -0.25) is 0 Å². The van der Waals surface area contributed by atoms with Crippen molar-refractivity contribution in [2.45, 2.75) is 32.9 Å². The first-order chi connectivity index (χ1) is 6.33. The lowest BCUT2D eigenvalue weighted by molar-refractivity contribution is 0.541. The highest BCUT2D eigenvalue weighted by Gasteiger charge is 1.98. The third-order valence-corrected chi connectivity index (χ3v) is 2.09. The molecule has 1 N–H and O–H groups in total. The van der Waals surface area contributed by atoms with E-state index in [2.05, 4.69) is 49.9 Å². The van der Waals surface area contributed by atoms with E-state index in [1.807, 2.05) is 6.07 Å². The van der Waals surface area contributed by atoms with Crippen LogP contribution in [0.25, 0.3) is 0 Å². The Hall–Kier alpha value is -0.820. The maximum Gasteiger partial charge on any atom is 0.0207 e. The summed E-state index contributed by atoms with van der Waals surface area (Å²) in [5.74, 6) is 0. The van der Waals surface area contributed by atoms with Crippen LogP contribution in [0.15, 0.2) is 30.3 Å². The van der Waals surface area contributed by atoms with Gasteiger partial charge in [0, 0.05) is 12.6 Å². The van der Waals surface area contributed by atoms with Gasteiger partial charge in [-0.1, -0.05) is 37.3 Å². The standard InChI is InChI=1S/C12H18N/c1-3-7-11(2)13-10-12-8-5-4-6-9-12/h3-6,8-9,11,13H,7,10H2,1-2H3. The molecule has 0 amide bonds. The second kappa shape index (κ2) is 5.76. The average molecular weight is 176 g/mol. The summed E-state index contributed by atoms with van der Waals surface area (Å²) in [6, 6.07) is 11.1. The molecule has 0 heterocycles. The van der Waals surface area contributed by atoms with Crippen molar-refractivity contribution >= 4 is 0 Å². The minimum Gasteiger partial charge on any atom is -0.310 e. The monoisotopic (exact) mass is 176 g/mol. The van der Waals surface area contributed by atoms with Gasteiger partial charge in [-0.05, 0) is 25.3 Å². The topological polar surface area (TPSA) is 12.0 Å². The van der Waals surface area contributed by atoms with Crippen LogP contribution in [0, 0.1) is 6.42 Å². The van der Waals surface area contributed by atoms with Crippen molar-refractivity contribution in [3.05, 3.63) is 42.3 Å². The molecule has 0 aliphatic rings. The smallest absolute Gasteiger partial charge is 0.0207 e.